The first-order valence-corrected chi connectivity index (χ1v) is 12.3. The van der Waals surface area contributed by atoms with Crippen LogP contribution in [-0.2, 0) is 14.9 Å². The number of carboxylic acid groups (broad SMARTS) is 1. The number of aromatic nitrogens is 1. The van der Waals surface area contributed by atoms with Crippen molar-refractivity contribution in [3.8, 4) is 22.4 Å². The molecule has 0 radical (unpaired) electrons. The second-order valence-corrected chi connectivity index (χ2v) is 9.55. The number of aliphatic carboxylic acids is 1. The van der Waals surface area contributed by atoms with Gasteiger partial charge in [-0.25, -0.2) is 9.78 Å². The molecule has 0 aliphatic heterocycles. The number of nitrogens with zero attached hydrogens (tertiary/aromatic N) is 1. The molecule has 1 atom stereocenters. The van der Waals surface area contributed by atoms with Gasteiger partial charge in [0.2, 0.25) is 5.88 Å². The zero-order chi connectivity index (χ0) is 26.2. The number of carbonyl (C=O) groups is 2. The lowest BCUT2D eigenvalue weighted by Gasteiger charge is -2.15. The minimum Gasteiger partial charge on any atom is -0.481 e. The number of nitrogens with one attached hydrogen (secondary N) is 1. The lowest BCUT2D eigenvalue weighted by Crippen LogP contribution is -2.19. The Morgan fingerprint density at radius 3 is 2.19 bits per heavy atom. The van der Waals surface area contributed by atoms with Gasteiger partial charge in [-0.05, 0) is 42.5 Å². The smallest absolute Gasteiger partial charge is 0.414 e. The Morgan fingerprint density at radius 1 is 1.00 bits per heavy atom. The van der Waals surface area contributed by atoms with E-state index in [1.807, 2.05) is 60.7 Å². The fourth-order valence-corrected chi connectivity index (χ4v) is 4.70. The number of benzene rings is 3. The Morgan fingerprint density at radius 2 is 1.59 bits per heavy atom. The van der Waals surface area contributed by atoms with E-state index in [9.17, 15) is 14.7 Å². The molecule has 8 heteroatoms. The Bertz CT molecular complexity index is 1460. The summed E-state index contributed by atoms with van der Waals surface area (Å²) in [6.45, 7) is 3.44. The van der Waals surface area contributed by atoms with Crippen LogP contribution in [-0.4, -0.2) is 22.2 Å². The van der Waals surface area contributed by atoms with Crippen molar-refractivity contribution in [2.24, 2.45) is 0 Å². The van der Waals surface area contributed by atoms with Crippen molar-refractivity contribution in [1.82, 2.24) is 4.98 Å². The van der Waals surface area contributed by atoms with Crippen molar-refractivity contribution >= 4 is 29.5 Å². The lowest BCUT2D eigenvalue weighted by molar-refractivity contribution is -0.140. The average Bonchev–Trinajstić information content (AvgIpc) is 3.62. The zero-order valence-electron chi connectivity index (χ0n) is 20.3. The molecule has 1 fully saturated rings. The summed E-state index contributed by atoms with van der Waals surface area (Å²) < 4.78 is 11.1. The molecule has 1 amide bonds. The molecule has 0 bridgehead atoms. The van der Waals surface area contributed by atoms with Crippen molar-refractivity contribution in [3.63, 3.8) is 0 Å². The molecule has 0 saturated heterocycles. The van der Waals surface area contributed by atoms with Crippen LogP contribution in [0.25, 0.3) is 22.4 Å². The number of amides is 1. The molecule has 1 heterocycles. The summed E-state index contributed by atoms with van der Waals surface area (Å²) in [6, 6.07) is 22.5. The van der Waals surface area contributed by atoms with Gasteiger partial charge in [-0.1, -0.05) is 78.3 Å². The van der Waals surface area contributed by atoms with Crippen LogP contribution >= 0.6 is 11.6 Å². The topological polar surface area (TPSA) is 102 Å². The Balaban J connectivity index is 1.30. The summed E-state index contributed by atoms with van der Waals surface area (Å²) in [6.07, 6.45) is 0.112. The van der Waals surface area contributed by atoms with Crippen LogP contribution in [0.1, 0.15) is 42.9 Å². The van der Waals surface area contributed by atoms with E-state index in [0.29, 0.717) is 35.0 Å². The highest BCUT2D eigenvalue weighted by Crippen LogP contribution is 2.48. The van der Waals surface area contributed by atoms with Crippen LogP contribution in [0.4, 0.5) is 10.7 Å². The predicted octanol–water partition coefficient (Wildman–Crippen LogP) is 7.40. The van der Waals surface area contributed by atoms with Gasteiger partial charge in [-0.2, -0.15) is 0 Å². The fourth-order valence-electron chi connectivity index (χ4n) is 4.41. The lowest BCUT2D eigenvalue weighted by atomic mass is 9.93. The molecule has 3 aromatic carbocycles. The number of aryl methyl sites for hydroxylation is 1. The highest BCUT2D eigenvalue weighted by atomic mass is 35.5. The van der Waals surface area contributed by atoms with Gasteiger partial charge < -0.3 is 14.3 Å². The second-order valence-electron chi connectivity index (χ2n) is 9.15. The summed E-state index contributed by atoms with van der Waals surface area (Å²) in [5.74, 6) is -0.176. The summed E-state index contributed by atoms with van der Waals surface area (Å²) in [5, 5.41) is 12.7. The molecule has 1 aliphatic carbocycles. The third-order valence-corrected chi connectivity index (χ3v) is 7.01. The summed E-state index contributed by atoms with van der Waals surface area (Å²) >= 11 is 6.21. The van der Waals surface area contributed by atoms with Gasteiger partial charge in [0.1, 0.15) is 11.8 Å². The first-order chi connectivity index (χ1) is 17.8. The third-order valence-electron chi connectivity index (χ3n) is 6.67. The number of hydrogen-bond acceptors (Lipinski definition) is 5. The number of carbonyl (C=O) groups excluding carboxylic acids is 1. The maximum Gasteiger partial charge on any atom is 0.414 e. The largest absolute Gasteiger partial charge is 0.481 e. The van der Waals surface area contributed by atoms with E-state index in [2.05, 4.69) is 10.3 Å². The van der Waals surface area contributed by atoms with Crippen molar-refractivity contribution < 1.29 is 23.8 Å². The average molecular weight is 517 g/mol. The molecule has 1 aliphatic rings. The summed E-state index contributed by atoms with van der Waals surface area (Å²) in [7, 11) is 0. The van der Waals surface area contributed by atoms with Crippen LogP contribution < -0.4 is 5.32 Å². The first-order valence-electron chi connectivity index (χ1n) is 11.9. The van der Waals surface area contributed by atoms with Gasteiger partial charge in [0.05, 0.1) is 5.41 Å². The van der Waals surface area contributed by atoms with E-state index in [0.717, 1.165) is 22.3 Å². The number of halogens is 1. The standard InChI is InChI=1S/C29H25ClN2O5/c1-17(23-5-3-4-6-24(23)30)36-28(35)32-26-25(31-18(2)37-26)21-9-7-19(8-10-21)20-11-13-22(14-12-20)29(15-16-29)27(33)34/h3-14,17H,15-16H2,1-2H3,(H,32,35)(H,33,34)/t17-/m1/s1. The van der Waals surface area contributed by atoms with Crippen molar-refractivity contribution in [2.45, 2.75) is 38.2 Å². The van der Waals surface area contributed by atoms with E-state index in [4.69, 9.17) is 20.8 Å². The molecule has 37 heavy (non-hydrogen) atoms. The summed E-state index contributed by atoms with van der Waals surface area (Å²) in [5.41, 5.74) is 4.01. The molecule has 0 spiro atoms. The molecule has 1 aromatic heterocycles. The van der Waals surface area contributed by atoms with Gasteiger partial charge in [-0.15, -0.1) is 0 Å². The molecule has 0 unspecified atom stereocenters. The van der Waals surface area contributed by atoms with E-state index in [-0.39, 0.29) is 5.88 Å². The van der Waals surface area contributed by atoms with Gasteiger partial charge in [0.15, 0.2) is 5.89 Å². The molecule has 7 nitrogen and oxygen atoms in total. The van der Waals surface area contributed by atoms with Crippen LogP contribution in [0.2, 0.25) is 5.02 Å². The fraction of sp³-hybridized carbons (Fsp3) is 0.207. The minimum absolute atomic E-state index is 0.189. The van der Waals surface area contributed by atoms with Crippen LogP contribution in [0.5, 0.6) is 0 Å². The van der Waals surface area contributed by atoms with E-state index in [1.54, 1.807) is 26.0 Å². The molecule has 188 valence electrons. The maximum absolute atomic E-state index is 12.6. The molecule has 2 N–H and O–H groups in total. The predicted molar refractivity (Wildman–Crippen MR) is 141 cm³/mol. The molecule has 5 rings (SSSR count). The van der Waals surface area contributed by atoms with Crippen molar-refractivity contribution in [2.75, 3.05) is 5.32 Å². The van der Waals surface area contributed by atoms with Gasteiger partial charge in [0, 0.05) is 23.1 Å². The normalized spacial score (nSPS) is 14.6. The minimum atomic E-state index is -0.765. The molecule has 1 saturated carbocycles. The quantitative estimate of drug-likeness (QED) is 0.265. The third kappa shape index (κ3) is 4.95. The number of hydrogen-bond donors (Lipinski definition) is 2. The highest BCUT2D eigenvalue weighted by molar-refractivity contribution is 6.31. The highest BCUT2D eigenvalue weighted by Gasteiger charge is 2.51. The number of rotatable bonds is 7. The maximum atomic E-state index is 12.6. The monoisotopic (exact) mass is 516 g/mol. The molecule has 4 aromatic rings. The number of ether oxygens (including phenoxy) is 1. The van der Waals surface area contributed by atoms with E-state index >= 15 is 0 Å². The first kappa shape index (κ1) is 24.6. The molecular formula is C29H25ClN2O5. The Hall–Kier alpha value is -4.10. The van der Waals surface area contributed by atoms with Crippen LogP contribution in [0.3, 0.4) is 0 Å². The Kier molecular flexibility index (Phi) is 6.48. The second kappa shape index (κ2) is 9.75. The SMILES string of the molecule is Cc1nc(-c2ccc(-c3ccc(C4(C(=O)O)CC4)cc3)cc2)c(NC(=O)O[C@H](C)c2ccccc2Cl)o1. The van der Waals surface area contributed by atoms with E-state index in [1.165, 1.54) is 0 Å². The van der Waals surface area contributed by atoms with Gasteiger partial charge in [0.25, 0.3) is 0 Å². The zero-order valence-corrected chi connectivity index (χ0v) is 21.1. The van der Waals surface area contributed by atoms with Gasteiger partial charge in [-0.3, -0.25) is 10.1 Å². The van der Waals surface area contributed by atoms with Crippen LogP contribution in [0, 0.1) is 6.92 Å². The van der Waals surface area contributed by atoms with E-state index < -0.39 is 23.6 Å². The Labute approximate surface area is 219 Å². The van der Waals surface area contributed by atoms with Crippen LogP contribution in [0.15, 0.2) is 77.2 Å². The number of carboxylic acids is 1. The summed E-state index contributed by atoms with van der Waals surface area (Å²) in [4.78, 5) is 28.6. The van der Waals surface area contributed by atoms with Crippen molar-refractivity contribution in [1.29, 1.82) is 0 Å². The number of oxazole rings is 1. The van der Waals surface area contributed by atoms with Gasteiger partial charge >= 0.3 is 12.1 Å². The van der Waals surface area contributed by atoms with Crippen molar-refractivity contribution in [3.05, 3.63) is 94.8 Å². The number of anilines is 1. The molecular weight excluding hydrogens is 492 g/mol.